The summed E-state index contributed by atoms with van der Waals surface area (Å²) in [6.45, 7) is 0. The van der Waals surface area contributed by atoms with Crippen molar-refractivity contribution in [2.45, 2.75) is 4.90 Å². The van der Waals surface area contributed by atoms with Crippen LogP contribution >= 0.6 is 11.6 Å². The Hall–Kier alpha value is -2.25. The lowest BCUT2D eigenvalue weighted by atomic mass is 10.3. The normalized spacial score (nSPS) is 11.7. The number of para-hydroxylation sites is 1. The van der Waals surface area contributed by atoms with Gasteiger partial charge in [-0.1, -0.05) is 29.8 Å². The molecule has 21 heavy (non-hydrogen) atoms. The van der Waals surface area contributed by atoms with E-state index in [4.69, 9.17) is 16.0 Å². The van der Waals surface area contributed by atoms with Gasteiger partial charge < -0.3 is 4.42 Å². The van der Waals surface area contributed by atoms with Crippen molar-refractivity contribution in [2.75, 3.05) is 4.72 Å². The predicted molar refractivity (Wildman–Crippen MR) is 79.1 cm³/mol. The Labute approximate surface area is 124 Å². The van der Waals surface area contributed by atoms with Crippen molar-refractivity contribution in [3.05, 3.63) is 58.0 Å². The van der Waals surface area contributed by atoms with Crippen LogP contribution in [-0.2, 0) is 10.0 Å². The van der Waals surface area contributed by atoms with Gasteiger partial charge in [-0.05, 0) is 18.2 Å². The van der Waals surface area contributed by atoms with Crippen LogP contribution in [0, 0.1) is 0 Å². The molecule has 0 saturated heterocycles. The number of anilines is 1. The first-order valence-corrected chi connectivity index (χ1v) is 7.72. The molecule has 0 saturated carbocycles. The van der Waals surface area contributed by atoms with E-state index in [1.807, 2.05) is 0 Å². The Balaban J connectivity index is 2.10. The minimum atomic E-state index is -3.88. The number of hydrogen-bond acceptors (Lipinski definition) is 4. The highest BCUT2D eigenvalue weighted by Crippen LogP contribution is 2.27. The smallest absolute Gasteiger partial charge is 0.408 e. The van der Waals surface area contributed by atoms with E-state index in [1.165, 1.54) is 12.1 Å². The molecule has 108 valence electrons. The second-order valence-electron chi connectivity index (χ2n) is 4.26. The first kappa shape index (κ1) is 13.7. The third-order valence-corrected chi connectivity index (χ3v) is 4.63. The molecule has 0 fully saturated rings. The summed E-state index contributed by atoms with van der Waals surface area (Å²) in [4.78, 5) is 13.4. The molecule has 6 nitrogen and oxygen atoms in total. The summed E-state index contributed by atoms with van der Waals surface area (Å²) in [5, 5.41) is -0.0111. The average Bonchev–Trinajstić information content (AvgIpc) is 2.77. The highest BCUT2D eigenvalue weighted by atomic mass is 35.5. The van der Waals surface area contributed by atoms with Gasteiger partial charge in [0.15, 0.2) is 5.58 Å². The molecule has 0 amide bonds. The van der Waals surface area contributed by atoms with E-state index in [-0.39, 0.29) is 15.5 Å². The fourth-order valence-corrected chi connectivity index (χ4v) is 3.48. The highest BCUT2D eigenvalue weighted by molar-refractivity contribution is 7.92. The Morgan fingerprint density at radius 1 is 1.14 bits per heavy atom. The molecule has 0 spiro atoms. The Bertz CT molecular complexity index is 961. The van der Waals surface area contributed by atoms with Crippen LogP contribution in [-0.4, -0.2) is 13.4 Å². The summed E-state index contributed by atoms with van der Waals surface area (Å²) < 4.78 is 31.9. The van der Waals surface area contributed by atoms with Crippen LogP contribution < -0.4 is 10.5 Å². The van der Waals surface area contributed by atoms with Crippen LogP contribution in [0.4, 0.5) is 5.69 Å². The molecule has 3 rings (SSSR count). The second kappa shape index (κ2) is 4.94. The maximum absolute atomic E-state index is 12.3. The maximum Gasteiger partial charge on any atom is 0.417 e. The fraction of sp³-hybridized carbons (Fsp3) is 0. The third-order valence-electron chi connectivity index (χ3n) is 2.79. The van der Waals surface area contributed by atoms with E-state index < -0.39 is 15.8 Å². The Morgan fingerprint density at radius 2 is 1.86 bits per heavy atom. The molecule has 0 unspecified atom stereocenters. The van der Waals surface area contributed by atoms with Gasteiger partial charge in [0, 0.05) is 11.8 Å². The van der Waals surface area contributed by atoms with Crippen molar-refractivity contribution in [3.63, 3.8) is 0 Å². The van der Waals surface area contributed by atoms with Gasteiger partial charge in [-0.25, -0.2) is 13.2 Å². The number of rotatable bonds is 3. The maximum atomic E-state index is 12.3. The zero-order chi connectivity index (χ0) is 15.0. The number of nitrogens with one attached hydrogen (secondary N) is 2. The summed E-state index contributed by atoms with van der Waals surface area (Å²) in [5.74, 6) is -0.674. The Morgan fingerprint density at radius 3 is 2.57 bits per heavy atom. The SMILES string of the molecule is O=c1[nH]c2cc(Cl)c(S(=O)(=O)Nc3ccccc3)cc2o1. The lowest BCUT2D eigenvalue weighted by molar-refractivity contribution is 0.554. The van der Waals surface area contributed by atoms with E-state index in [0.717, 1.165) is 0 Å². The molecule has 8 heteroatoms. The largest absolute Gasteiger partial charge is 0.417 e. The van der Waals surface area contributed by atoms with Gasteiger partial charge in [-0.15, -0.1) is 0 Å². The molecular weight excluding hydrogens is 316 g/mol. The van der Waals surface area contributed by atoms with Gasteiger partial charge in [0.25, 0.3) is 10.0 Å². The number of benzene rings is 2. The van der Waals surface area contributed by atoms with Crippen LogP contribution in [0.1, 0.15) is 0 Å². The summed E-state index contributed by atoms with van der Waals surface area (Å²) in [5.41, 5.74) is 0.866. The van der Waals surface area contributed by atoms with Crippen molar-refractivity contribution in [1.29, 1.82) is 0 Å². The molecule has 2 aromatic carbocycles. The van der Waals surface area contributed by atoms with Crippen LogP contribution in [0.5, 0.6) is 0 Å². The monoisotopic (exact) mass is 324 g/mol. The molecular formula is C13H9ClN2O4S. The fourth-order valence-electron chi connectivity index (χ4n) is 1.87. The molecule has 0 bridgehead atoms. The molecule has 0 aliphatic rings. The summed E-state index contributed by atoms with van der Waals surface area (Å²) in [6, 6.07) is 10.9. The number of aromatic amines is 1. The van der Waals surface area contributed by atoms with Gasteiger partial charge in [-0.3, -0.25) is 9.71 Å². The lowest BCUT2D eigenvalue weighted by Gasteiger charge is -2.09. The zero-order valence-corrected chi connectivity index (χ0v) is 12.0. The molecule has 2 N–H and O–H groups in total. The molecule has 1 aromatic heterocycles. The minimum Gasteiger partial charge on any atom is -0.408 e. The van der Waals surface area contributed by atoms with Crippen molar-refractivity contribution >= 4 is 38.4 Å². The minimum absolute atomic E-state index is 0.0111. The number of sulfonamides is 1. The summed E-state index contributed by atoms with van der Waals surface area (Å²) in [7, 11) is -3.88. The van der Waals surface area contributed by atoms with Gasteiger partial charge in [0.1, 0.15) is 4.90 Å². The number of H-pyrrole nitrogens is 1. The molecule has 0 aliphatic carbocycles. The van der Waals surface area contributed by atoms with E-state index >= 15 is 0 Å². The summed E-state index contributed by atoms with van der Waals surface area (Å²) in [6.07, 6.45) is 0. The van der Waals surface area contributed by atoms with Crippen molar-refractivity contribution < 1.29 is 12.8 Å². The predicted octanol–water partition coefficient (Wildman–Crippen LogP) is 2.58. The topological polar surface area (TPSA) is 92.2 Å². The molecule has 3 aromatic rings. The number of aromatic nitrogens is 1. The quantitative estimate of drug-likeness (QED) is 0.774. The van der Waals surface area contributed by atoms with Crippen molar-refractivity contribution in [1.82, 2.24) is 4.98 Å². The van der Waals surface area contributed by atoms with Gasteiger partial charge in [-0.2, -0.15) is 0 Å². The van der Waals surface area contributed by atoms with E-state index in [2.05, 4.69) is 9.71 Å². The van der Waals surface area contributed by atoms with Crippen LogP contribution in [0.25, 0.3) is 11.1 Å². The van der Waals surface area contributed by atoms with Gasteiger partial charge in [0.2, 0.25) is 0 Å². The van der Waals surface area contributed by atoms with E-state index in [1.54, 1.807) is 30.3 Å². The number of halogens is 1. The first-order chi connectivity index (χ1) is 9.95. The number of hydrogen-bond donors (Lipinski definition) is 2. The van der Waals surface area contributed by atoms with Crippen LogP contribution in [0.2, 0.25) is 5.02 Å². The van der Waals surface area contributed by atoms with Crippen LogP contribution in [0.15, 0.2) is 56.6 Å². The molecule has 0 atom stereocenters. The second-order valence-corrected chi connectivity index (χ2v) is 6.32. The standard InChI is InChI=1S/C13H9ClN2O4S/c14-9-6-10-11(20-13(17)15-10)7-12(9)21(18,19)16-8-4-2-1-3-5-8/h1-7,16H,(H,15,17). The average molecular weight is 325 g/mol. The van der Waals surface area contributed by atoms with Gasteiger partial charge >= 0.3 is 5.76 Å². The van der Waals surface area contributed by atoms with E-state index in [0.29, 0.717) is 11.2 Å². The molecule has 0 aliphatic heterocycles. The molecule has 1 heterocycles. The highest BCUT2D eigenvalue weighted by Gasteiger charge is 2.20. The van der Waals surface area contributed by atoms with E-state index in [9.17, 15) is 13.2 Å². The van der Waals surface area contributed by atoms with Gasteiger partial charge in [0.05, 0.1) is 10.5 Å². The first-order valence-electron chi connectivity index (χ1n) is 5.86. The molecule has 0 radical (unpaired) electrons. The van der Waals surface area contributed by atoms with Crippen molar-refractivity contribution in [3.8, 4) is 0 Å². The van der Waals surface area contributed by atoms with Crippen LogP contribution in [0.3, 0.4) is 0 Å². The number of oxazole rings is 1. The zero-order valence-electron chi connectivity index (χ0n) is 10.5. The lowest BCUT2D eigenvalue weighted by Crippen LogP contribution is -2.13. The third kappa shape index (κ3) is 2.65. The Kier molecular flexibility index (Phi) is 3.23. The van der Waals surface area contributed by atoms with Crippen molar-refractivity contribution in [2.24, 2.45) is 0 Å². The number of fused-ring (bicyclic) bond motifs is 1. The summed E-state index contributed by atoms with van der Waals surface area (Å²) >= 11 is 5.98.